The van der Waals surface area contributed by atoms with E-state index in [0.717, 1.165) is 24.3 Å². The van der Waals surface area contributed by atoms with E-state index in [1.54, 1.807) is 24.3 Å². The van der Waals surface area contributed by atoms with Crippen LogP contribution in [0.1, 0.15) is 27.6 Å². The van der Waals surface area contributed by atoms with Gasteiger partial charge in [0.25, 0.3) is 10.1 Å². The molecule has 0 amide bonds. The molecule has 5 aromatic rings. The van der Waals surface area contributed by atoms with Gasteiger partial charge in [0.1, 0.15) is 16.6 Å². The Hall–Kier alpha value is -6.26. The number of aromatic hydroxyl groups is 1. The van der Waals surface area contributed by atoms with Crippen molar-refractivity contribution in [3.05, 3.63) is 90.0 Å². The second kappa shape index (κ2) is 12.6. The third-order valence-corrected chi connectivity index (χ3v) is 7.77. The summed E-state index contributed by atoms with van der Waals surface area (Å²) in [7, 11) is -4.90. The molecule has 1 atom stereocenters. The highest BCUT2D eigenvalue weighted by Gasteiger charge is 2.23. The molecule has 0 aliphatic rings. The van der Waals surface area contributed by atoms with Gasteiger partial charge in [0, 0.05) is 21.8 Å². The number of azo groups is 2. The monoisotopic (exact) mass is 657 g/mol. The van der Waals surface area contributed by atoms with Crippen molar-refractivity contribution in [3.8, 4) is 5.75 Å². The van der Waals surface area contributed by atoms with Gasteiger partial charge in [-0.15, -0.1) is 15.3 Å². The molecule has 0 spiro atoms. The largest absolute Gasteiger partial charge is 0.505 e. The molecule has 238 valence electrons. The standard InChI is InChI=1S/C31H23N5O10S/c1-15(29(38)39)32-19-7-6-16-13-26(47(44,45)46)27(28(37)23(16)14-19)36-35-25-9-8-24(21-4-2-3-5-22(21)25)34-33-20-11-17(30(40)41)10-18(12-20)31(42)43/h2-15,32,37H,1H3,(H,38,39)(H,40,41)(H,42,43)(H,44,45,46). The van der Waals surface area contributed by atoms with Gasteiger partial charge in [-0.25, -0.2) is 9.59 Å². The third-order valence-electron chi connectivity index (χ3n) is 6.90. The SMILES string of the molecule is CC(Nc1ccc2cc(S(=O)(=O)O)c(N=Nc3ccc(N=Nc4cc(C(=O)O)cc(C(=O)O)c4)c4ccccc34)c(O)c2c1)C(=O)O. The molecule has 0 fully saturated rings. The minimum atomic E-state index is -4.90. The lowest BCUT2D eigenvalue weighted by atomic mass is 10.1. The Labute approximate surface area is 264 Å². The van der Waals surface area contributed by atoms with E-state index in [1.807, 2.05) is 0 Å². The maximum absolute atomic E-state index is 12.3. The first-order valence-corrected chi connectivity index (χ1v) is 14.9. The molecule has 0 heterocycles. The van der Waals surface area contributed by atoms with E-state index in [4.69, 9.17) is 0 Å². The number of carboxylic acid groups (broad SMARTS) is 3. The summed E-state index contributed by atoms with van der Waals surface area (Å²) >= 11 is 0. The zero-order chi connectivity index (χ0) is 34.0. The summed E-state index contributed by atoms with van der Waals surface area (Å²) in [6.45, 7) is 1.41. The summed E-state index contributed by atoms with van der Waals surface area (Å²) in [6.07, 6.45) is 0. The molecule has 16 heteroatoms. The fourth-order valence-electron chi connectivity index (χ4n) is 4.61. The lowest BCUT2D eigenvalue weighted by Gasteiger charge is -2.13. The van der Waals surface area contributed by atoms with Crippen LogP contribution in [0.3, 0.4) is 0 Å². The maximum Gasteiger partial charge on any atom is 0.335 e. The number of phenols is 1. The average Bonchev–Trinajstić information content (AvgIpc) is 3.03. The Kier molecular flexibility index (Phi) is 8.63. The highest BCUT2D eigenvalue weighted by atomic mass is 32.2. The first-order valence-electron chi connectivity index (χ1n) is 13.5. The Morgan fingerprint density at radius 2 is 1.30 bits per heavy atom. The maximum atomic E-state index is 12.3. The highest BCUT2D eigenvalue weighted by Crippen LogP contribution is 2.43. The Morgan fingerprint density at radius 3 is 1.83 bits per heavy atom. The number of aliphatic carboxylic acids is 1. The third kappa shape index (κ3) is 6.87. The molecule has 0 aromatic heterocycles. The topological polar surface area (TPSA) is 248 Å². The number of benzene rings is 5. The fourth-order valence-corrected chi connectivity index (χ4v) is 5.27. The smallest absolute Gasteiger partial charge is 0.335 e. The number of carbonyl (C=O) groups is 3. The molecule has 6 N–H and O–H groups in total. The van der Waals surface area contributed by atoms with E-state index in [-0.39, 0.29) is 33.3 Å². The quantitative estimate of drug-likeness (QED) is 0.0655. The molecular weight excluding hydrogens is 634 g/mol. The van der Waals surface area contributed by atoms with Gasteiger partial charge < -0.3 is 25.7 Å². The number of hydrogen-bond donors (Lipinski definition) is 6. The summed E-state index contributed by atoms with van der Waals surface area (Å²) in [5.41, 5.74) is -0.355. The number of aromatic carboxylic acids is 2. The van der Waals surface area contributed by atoms with Crippen LogP contribution in [-0.2, 0) is 14.9 Å². The number of nitrogens with zero attached hydrogens (tertiary/aromatic N) is 4. The van der Waals surface area contributed by atoms with Gasteiger partial charge in [-0.05, 0) is 60.8 Å². The number of rotatable bonds is 10. The molecule has 15 nitrogen and oxygen atoms in total. The minimum absolute atomic E-state index is 0.0181. The number of nitrogens with one attached hydrogen (secondary N) is 1. The van der Waals surface area contributed by atoms with Crippen LogP contribution in [0.15, 0.2) is 104 Å². The van der Waals surface area contributed by atoms with Crippen molar-refractivity contribution < 1.29 is 47.8 Å². The Balaban J connectivity index is 1.58. The summed E-state index contributed by atoms with van der Waals surface area (Å²) in [4.78, 5) is 33.4. The van der Waals surface area contributed by atoms with E-state index in [2.05, 4.69) is 25.8 Å². The first-order chi connectivity index (χ1) is 22.2. The predicted octanol–water partition coefficient (Wildman–Crippen LogP) is 7.06. The van der Waals surface area contributed by atoms with Crippen LogP contribution in [-0.4, -0.2) is 57.3 Å². The number of phenolic OH excluding ortho intramolecular Hbond substituents is 1. The van der Waals surface area contributed by atoms with Crippen LogP contribution >= 0.6 is 0 Å². The van der Waals surface area contributed by atoms with Crippen molar-refractivity contribution in [1.82, 2.24) is 0 Å². The lowest BCUT2D eigenvalue weighted by Crippen LogP contribution is -2.25. The molecule has 0 saturated carbocycles. The molecule has 1 unspecified atom stereocenters. The number of fused-ring (bicyclic) bond motifs is 2. The van der Waals surface area contributed by atoms with Crippen molar-refractivity contribution >= 4 is 78.0 Å². The van der Waals surface area contributed by atoms with E-state index in [1.165, 1.54) is 37.3 Å². The Bertz CT molecular complexity index is 2250. The van der Waals surface area contributed by atoms with Crippen LogP contribution in [0.5, 0.6) is 5.75 Å². The number of carboxylic acids is 3. The van der Waals surface area contributed by atoms with E-state index in [0.29, 0.717) is 22.1 Å². The zero-order valence-corrected chi connectivity index (χ0v) is 24.9. The summed E-state index contributed by atoms with van der Waals surface area (Å²) in [5, 5.41) is 59.3. The molecule has 0 saturated heterocycles. The fraction of sp³-hybridized carbons (Fsp3) is 0.0645. The summed E-state index contributed by atoms with van der Waals surface area (Å²) in [6, 6.07) is 17.4. The van der Waals surface area contributed by atoms with Crippen LogP contribution in [0.4, 0.5) is 28.4 Å². The van der Waals surface area contributed by atoms with Crippen LogP contribution in [0, 0.1) is 0 Å². The number of hydrogen-bond acceptors (Lipinski definition) is 11. The second-order valence-corrected chi connectivity index (χ2v) is 11.5. The molecule has 5 rings (SSSR count). The normalized spacial score (nSPS) is 12.6. The minimum Gasteiger partial charge on any atom is -0.505 e. The second-order valence-electron chi connectivity index (χ2n) is 10.1. The van der Waals surface area contributed by atoms with Crippen molar-refractivity contribution in [1.29, 1.82) is 0 Å². The van der Waals surface area contributed by atoms with Crippen molar-refractivity contribution in [2.45, 2.75) is 17.9 Å². The molecular formula is C31H23N5O10S. The molecule has 0 aliphatic heterocycles. The zero-order valence-electron chi connectivity index (χ0n) is 24.1. The lowest BCUT2D eigenvalue weighted by molar-refractivity contribution is -0.137. The van der Waals surface area contributed by atoms with Gasteiger partial charge >= 0.3 is 17.9 Å². The van der Waals surface area contributed by atoms with Gasteiger partial charge in [-0.2, -0.15) is 13.5 Å². The molecule has 47 heavy (non-hydrogen) atoms. The highest BCUT2D eigenvalue weighted by molar-refractivity contribution is 7.86. The van der Waals surface area contributed by atoms with Gasteiger partial charge in [0.15, 0.2) is 5.75 Å². The van der Waals surface area contributed by atoms with Gasteiger partial charge in [-0.3, -0.25) is 9.35 Å². The van der Waals surface area contributed by atoms with Crippen LogP contribution in [0.25, 0.3) is 21.5 Å². The van der Waals surface area contributed by atoms with Crippen molar-refractivity contribution in [2.75, 3.05) is 5.32 Å². The van der Waals surface area contributed by atoms with Gasteiger partial charge in [0.2, 0.25) is 0 Å². The van der Waals surface area contributed by atoms with Gasteiger partial charge in [0.05, 0.1) is 28.2 Å². The first kappa shape index (κ1) is 32.1. The van der Waals surface area contributed by atoms with E-state index in [9.17, 15) is 47.8 Å². The van der Waals surface area contributed by atoms with E-state index < -0.39 is 50.4 Å². The molecule has 5 aromatic carbocycles. The molecule has 0 aliphatic carbocycles. The van der Waals surface area contributed by atoms with E-state index >= 15 is 0 Å². The predicted molar refractivity (Wildman–Crippen MR) is 169 cm³/mol. The van der Waals surface area contributed by atoms with Crippen molar-refractivity contribution in [2.24, 2.45) is 20.5 Å². The number of anilines is 1. The molecule has 0 bridgehead atoms. The van der Waals surface area contributed by atoms with Crippen LogP contribution < -0.4 is 5.32 Å². The average molecular weight is 658 g/mol. The Morgan fingerprint density at radius 1 is 0.723 bits per heavy atom. The van der Waals surface area contributed by atoms with Gasteiger partial charge in [-0.1, -0.05) is 30.3 Å². The molecule has 0 radical (unpaired) electrons. The van der Waals surface area contributed by atoms with Crippen LogP contribution in [0.2, 0.25) is 0 Å². The van der Waals surface area contributed by atoms with Crippen molar-refractivity contribution in [3.63, 3.8) is 0 Å². The summed E-state index contributed by atoms with van der Waals surface area (Å²) < 4.78 is 34.5. The summed E-state index contributed by atoms with van der Waals surface area (Å²) in [5.74, 6) is -4.44.